The van der Waals surface area contributed by atoms with E-state index in [-0.39, 0.29) is 5.90 Å². The Bertz CT molecular complexity index is 605. The molecule has 19 heavy (non-hydrogen) atoms. The number of rotatable bonds is 4. The van der Waals surface area contributed by atoms with Gasteiger partial charge in [0.05, 0.1) is 0 Å². The van der Waals surface area contributed by atoms with Crippen LogP contribution in [-0.4, -0.2) is 20.0 Å². The summed E-state index contributed by atoms with van der Waals surface area (Å²) in [5.74, 6) is 0.0749. The Balaban J connectivity index is 2.21. The third kappa shape index (κ3) is 4.22. The molecule has 0 bridgehead atoms. The fourth-order valence-corrected chi connectivity index (χ4v) is 2.44. The topological polar surface area (TPSA) is 45.5 Å². The second-order valence-electron chi connectivity index (χ2n) is 3.98. The molecule has 3 nitrogen and oxygen atoms in total. The van der Waals surface area contributed by atoms with Crippen LogP contribution in [0.1, 0.15) is 12.5 Å². The van der Waals surface area contributed by atoms with Crippen LogP contribution in [0.4, 0.5) is 0 Å². The van der Waals surface area contributed by atoms with Crippen LogP contribution in [-0.2, 0) is 25.8 Å². The van der Waals surface area contributed by atoms with Crippen molar-refractivity contribution in [3.63, 3.8) is 0 Å². The molecule has 0 saturated heterocycles. The quantitative estimate of drug-likeness (QED) is 0.459. The Hall–Kier alpha value is -1.60. The van der Waals surface area contributed by atoms with Gasteiger partial charge in [0.2, 0.25) is 0 Å². The third-order valence-electron chi connectivity index (χ3n) is 2.40. The van der Waals surface area contributed by atoms with Crippen LogP contribution < -0.4 is 0 Å². The summed E-state index contributed by atoms with van der Waals surface area (Å²) >= 11 is 2.10. The number of aliphatic hydroxyl groups is 1. The van der Waals surface area contributed by atoms with Gasteiger partial charge in [-0.15, -0.1) is 0 Å². The predicted octanol–water partition coefficient (Wildman–Crippen LogP) is 2.74. The number of aliphatic imine (C=N–C) groups is 1. The van der Waals surface area contributed by atoms with Crippen LogP contribution >= 0.6 is 0 Å². The Morgan fingerprint density at radius 1 is 1.32 bits per heavy atom. The zero-order valence-electron chi connectivity index (χ0n) is 10.4. The molecule has 1 aromatic heterocycles. The molecule has 1 aromatic carbocycles. The van der Waals surface area contributed by atoms with Gasteiger partial charge in [-0.25, -0.2) is 0 Å². The van der Waals surface area contributed by atoms with E-state index < -0.39 is 0 Å². The van der Waals surface area contributed by atoms with Crippen LogP contribution in [0, 0.1) is 6.07 Å². The van der Waals surface area contributed by atoms with E-state index in [0.717, 1.165) is 20.8 Å². The van der Waals surface area contributed by atoms with Crippen molar-refractivity contribution >= 4 is 9.92 Å². The van der Waals surface area contributed by atoms with Gasteiger partial charge >= 0.3 is 123 Å². The molecule has 0 aliphatic carbocycles. The third-order valence-corrected chi connectivity index (χ3v) is 3.05. The minimum atomic E-state index is 0.0749. The Kier molecular flexibility index (Phi) is 4.75. The van der Waals surface area contributed by atoms with E-state index in [1.807, 2.05) is 36.4 Å². The van der Waals surface area contributed by atoms with Crippen molar-refractivity contribution in [2.24, 2.45) is 4.99 Å². The number of hydrogen-bond acceptors (Lipinski definition) is 2. The first-order chi connectivity index (χ1) is 9.15. The number of aliphatic hydroxyl groups excluding tert-OH is 1. The molecule has 0 saturated carbocycles. The first kappa shape index (κ1) is 13.8. The van der Waals surface area contributed by atoms with Crippen molar-refractivity contribution in [1.29, 1.82) is 0 Å². The molecule has 0 unspecified atom stereocenters. The average molecular weight is 432 g/mol. The molecule has 0 fully saturated rings. The fraction of sp³-hybridized carbons (Fsp3) is 0.133. The first-order valence-corrected chi connectivity index (χ1v) is 6.94. The first-order valence-electron chi connectivity index (χ1n) is 5.80. The van der Waals surface area contributed by atoms with Crippen molar-refractivity contribution in [2.45, 2.75) is 13.3 Å². The van der Waals surface area contributed by atoms with E-state index in [1.165, 1.54) is 0 Å². The Morgan fingerprint density at radius 2 is 2.16 bits per heavy atom. The zero-order valence-corrected chi connectivity index (χ0v) is 12.7. The fourth-order valence-electron chi connectivity index (χ4n) is 1.64. The Morgan fingerprint density at radius 3 is 2.84 bits per heavy atom. The van der Waals surface area contributed by atoms with Crippen molar-refractivity contribution in [1.82, 2.24) is 4.98 Å². The van der Waals surface area contributed by atoms with Crippen LogP contribution in [0.25, 0.3) is 11.3 Å². The molecular weight excluding hydrogens is 419 g/mol. The molecule has 2 rings (SSSR count). The van der Waals surface area contributed by atoms with Gasteiger partial charge in [0.25, 0.3) is 0 Å². The normalized spacial score (nSPS) is 11.4. The average Bonchev–Trinajstić information content (AvgIpc) is 2.39. The van der Waals surface area contributed by atoms with Gasteiger partial charge in [0.1, 0.15) is 0 Å². The number of pyridine rings is 1. The molecule has 2 aromatic rings. The van der Waals surface area contributed by atoms with E-state index in [0.29, 0.717) is 6.42 Å². The summed E-state index contributed by atoms with van der Waals surface area (Å²) in [7, 11) is 0. The molecular formula is C15H13N2OPt-. The van der Waals surface area contributed by atoms with E-state index in [4.69, 9.17) is 5.11 Å². The molecule has 0 aliphatic rings. The second-order valence-corrected chi connectivity index (χ2v) is 5.29. The number of hydrogen-bond donors (Lipinski definition) is 1. The molecule has 1 N–H and O–H groups in total. The zero-order chi connectivity index (χ0) is 13.7. The monoisotopic (exact) mass is 432 g/mol. The Labute approximate surface area is 123 Å². The van der Waals surface area contributed by atoms with Gasteiger partial charge in [-0.05, 0) is 0 Å². The number of aromatic nitrogens is 1. The molecule has 0 spiro atoms. The van der Waals surface area contributed by atoms with Gasteiger partial charge in [-0.1, -0.05) is 0 Å². The molecule has 1 heterocycles. The molecule has 100 valence electrons. The standard InChI is InChI=1S/C15H13N2O.Pt/c1-12(18)16-10-8-13-5-4-6-14(11-13)15-7-2-3-9-17-15;/h2-7,9,18H,8H2,1H3;/q-1;. The van der Waals surface area contributed by atoms with Crippen molar-refractivity contribution in [2.75, 3.05) is 0 Å². The van der Waals surface area contributed by atoms with E-state index in [2.05, 4.69) is 35.4 Å². The van der Waals surface area contributed by atoms with E-state index in [9.17, 15) is 0 Å². The summed E-state index contributed by atoms with van der Waals surface area (Å²) in [5, 5.41) is 9.14. The second kappa shape index (κ2) is 6.53. The number of nitrogens with zero attached hydrogens (tertiary/aromatic N) is 2. The molecule has 4 heteroatoms. The van der Waals surface area contributed by atoms with E-state index in [1.54, 1.807) is 13.1 Å². The molecule has 0 amide bonds. The van der Waals surface area contributed by atoms with E-state index >= 15 is 0 Å². The SMILES string of the molecule is CC(O)=N[C](=[Pt])Cc1[c-]c(-c2ccccn2)ccc1. The maximum absolute atomic E-state index is 9.14. The summed E-state index contributed by atoms with van der Waals surface area (Å²) in [6, 6.07) is 15.1. The van der Waals surface area contributed by atoms with Gasteiger partial charge in [-0.3, -0.25) is 0 Å². The van der Waals surface area contributed by atoms with Crippen molar-refractivity contribution in [3.8, 4) is 11.3 Å². The van der Waals surface area contributed by atoms with Crippen molar-refractivity contribution in [3.05, 3.63) is 54.2 Å². The van der Waals surface area contributed by atoms with Crippen LogP contribution in [0.5, 0.6) is 0 Å². The maximum atomic E-state index is 9.14. The summed E-state index contributed by atoms with van der Waals surface area (Å²) in [4.78, 5) is 8.33. The van der Waals surface area contributed by atoms with Gasteiger partial charge in [0, 0.05) is 0 Å². The summed E-state index contributed by atoms with van der Waals surface area (Å²) < 4.78 is 0.828. The summed E-state index contributed by atoms with van der Waals surface area (Å²) in [5.41, 5.74) is 2.90. The molecule has 0 radical (unpaired) electrons. The summed E-state index contributed by atoms with van der Waals surface area (Å²) in [6.07, 6.45) is 2.42. The summed E-state index contributed by atoms with van der Waals surface area (Å²) in [6.45, 7) is 1.56. The minimum absolute atomic E-state index is 0.0749. The van der Waals surface area contributed by atoms with Gasteiger partial charge < -0.3 is 0 Å². The molecule has 0 aliphatic heterocycles. The van der Waals surface area contributed by atoms with Gasteiger partial charge in [0.15, 0.2) is 0 Å². The van der Waals surface area contributed by atoms with Gasteiger partial charge in [-0.2, -0.15) is 0 Å². The van der Waals surface area contributed by atoms with Crippen LogP contribution in [0.2, 0.25) is 0 Å². The number of benzene rings is 1. The predicted molar refractivity (Wildman–Crippen MR) is 73.0 cm³/mol. The van der Waals surface area contributed by atoms with Crippen LogP contribution in [0.15, 0.2) is 47.6 Å². The molecule has 0 atom stereocenters. The van der Waals surface area contributed by atoms with Crippen LogP contribution in [0.3, 0.4) is 0 Å². The van der Waals surface area contributed by atoms with Crippen molar-refractivity contribution < 1.29 is 24.5 Å².